The molecule has 0 bridgehead atoms. The Balaban J connectivity index is 2.60. The first-order valence-corrected chi connectivity index (χ1v) is 6.16. The van der Waals surface area contributed by atoms with E-state index in [0.717, 1.165) is 11.4 Å². The molecule has 0 saturated carbocycles. The molecule has 0 spiro atoms. The van der Waals surface area contributed by atoms with Crippen LogP contribution in [0, 0.1) is 5.92 Å². The summed E-state index contributed by atoms with van der Waals surface area (Å²) in [6, 6.07) is 7.41. The smallest absolute Gasteiger partial charge is 0.308 e. The van der Waals surface area contributed by atoms with Gasteiger partial charge in [-0.25, -0.2) is 0 Å². The van der Waals surface area contributed by atoms with Crippen LogP contribution < -0.4 is 10.1 Å². The fourth-order valence-corrected chi connectivity index (χ4v) is 1.50. The molecule has 4 heteroatoms. The number of benzene rings is 1. The fraction of sp³-hybridized carbons (Fsp3) is 0.500. The maximum absolute atomic E-state index is 10.8. The molecule has 2 atom stereocenters. The maximum atomic E-state index is 10.8. The van der Waals surface area contributed by atoms with Gasteiger partial charge in [0, 0.05) is 11.7 Å². The SMILES string of the molecule is CC(C)Oc1ccc(NC(C)C(C)C(=O)O)cc1. The summed E-state index contributed by atoms with van der Waals surface area (Å²) in [6.07, 6.45) is 0.148. The van der Waals surface area contributed by atoms with Gasteiger partial charge < -0.3 is 15.2 Å². The van der Waals surface area contributed by atoms with E-state index in [2.05, 4.69) is 5.32 Å². The molecule has 0 amide bonds. The van der Waals surface area contributed by atoms with Gasteiger partial charge in [0.05, 0.1) is 12.0 Å². The van der Waals surface area contributed by atoms with E-state index in [1.165, 1.54) is 0 Å². The van der Waals surface area contributed by atoms with Crippen molar-refractivity contribution in [1.29, 1.82) is 0 Å². The first-order valence-electron chi connectivity index (χ1n) is 6.16. The van der Waals surface area contributed by atoms with Gasteiger partial charge in [-0.15, -0.1) is 0 Å². The minimum atomic E-state index is -0.797. The highest BCUT2D eigenvalue weighted by Gasteiger charge is 2.18. The van der Waals surface area contributed by atoms with Gasteiger partial charge in [-0.3, -0.25) is 4.79 Å². The molecule has 0 aliphatic rings. The van der Waals surface area contributed by atoms with Crippen molar-refractivity contribution in [2.24, 2.45) is 5.92 Å². The number of anilines is 1. The van der Waals surface area contributed by atoms with E-state index in [0.29, 0.717) is 0 Å². The average molecular weight is 251 g/mol. The predicted molar refractivity (Wildman–Crippen MR) is 72.1 cm³/mol. The van der Waals surface area contributed by atoms with Crippen molar-refractivity contribution in [2.75, 3.05) is 5.32 Å². The number of ether oxygens (including phenoxy) is 1. The Morgan fingerprint density at radius 1 is 1.17 bits per heavy atom. The molecular weight excluding hydrogens is 230 g/mol. The molecule has 0 saturated heterocycles. The molecule has 0 heterocycles. The lowest BCUT2D eigenvalue weighted by molar-refractivity contribution is -0.141. The first kappa shape index (κ1) is 14.4. The topological polar surface area (TPSA) is 58.6 Å². The van der Waals surface area contributed by atoms with Crippen LogP contribution in [0.3, 0.4) is 0 Å². The minimum absolute atomic E-state index is 0.126. The molecule has 1 rings (SSSR count). The Hall–Kier alpha value is -1.71. The quantitative estimate of drug-likeness (QED) is 0.816. The average Bonchev–Trinajstić information content (AvgIpc) is 2.29. The molecule has 100 valence electrons. The van der Waals surface area contributed by atoms with Crippen LogP contribution in [0.25, 0.3) is 0 Å². The molecule has 1 aromatic rings. The molecule has 2 N–H and O–H groups in total. The van der Waals surface area contributed by atoms with Crippen LogP contribution in [0.4, 0.5) is 5.69 Å². The van der Waals surface area contributed by atoms with Crippen LogP contribution in [0.2, 0.25) is 0 Å². The number of carbonyl (C=O) groups is 1. The monoisotopic (exact) mass is 251 g/mol. The molecule has 2 unspecified atom stereocenters. The summed E-state index contributed by atoms with van der Waals surface area (Å²) in [7, 11) is 0. The lowest BCUT2D eigenvalue weighted by Crippen LogP contribution is -2.29. The van der Waals surface area contributed by atoms with Gasteiger partial charge in [-0.2, -0.15) is 0 Å². The molecule has 18 heavy (non-hydrogen) atoms. The van der Waals surface area contributed by atoms with E-state index in [4.69, 9.17) is 9.84 Å². The van der Waals surface area contributed by atoms with Crippen LogP contribution in [0.5, 0.6) is 5.75 Å². The number of hydrogen-bond acceptors (Lipinski definition) is 3. The lowest BCUT2D eigenvalue weighted by atomic mass is 10.0. The lowest BCUT2D eigenvalue weighted by Gasteiger charge is -2.19. The van der Waals surface area contributed by atoms with Gasteiger partial charge in [0.15, 0.2) is 0 Å². The van der Waals surface area contributed by atoms with Crippen molar-refractivity contribution in [3.05, 3.63) is 24.3 Å². The fourth-order valence-electron chi connectivity index (χ4n) is 1.50. The largest absolute Gasteiger partial charge is 0.491 e. The van der Waals surface area contributed by atoms with Crippen molar-refractivity contribution >= 4 is 11.7 Å². The first-order chi connectivity index (χ1) is 8.40. The maximum Gasteiger partial charge on any atom is 0.308 e. The Morgan fingerprint density at radius 3 is 2.17 bits per heavy atom. The van der Waals surface area contributed by atoms with Gasteiger partial charge in [0.25, 0.3) is 0 Å². The molecule has 0 fully saturated rings. The second-order valence-electron chi connectivity index (χ2n) is 4.75. The highest BCUT2D eigenvalue weighted by Crippen LogP contribution is 2.19. The zero-order valence-corrected chi connectivity index (χ0v) is 11.3. The van der Waals surface area contributed by atoms with E-state index in [-0.39, 0.29) is 12.1 Å². The van der Waals surface area contributed by atoms with Crippen LogP contribution >= 0.6 is 0 Å². The predicted octanol–water partition coefficient (Wildman–Crippen LogP) is 2.99. The third-order valence-corrected chi connectivity index (χ3v) is 2.76. The Bertz CT molecular complexity index is 387. The standard InChI is InChI=1S/C14H21NO3/c1-9(2)18-13-7-5-12(6-8-13)15-11(4)10(3)14(16)17/h5-11,15H,1-4H3,(H,16,17). The van der Waals surface area contributed by atoms with E-state index in [9.17, 15) is 4.79 Å². The summed E-state index contributed by atoms with van der Waals surface area (Å²) >= 11 is 0. The van der Waals surface area contributed by atoms with Crippen molar-refractivity contribution in [2.45, 2.75) is 39.8 Å². The highest BCUT2D eigenvalue weighted by atomic mass is 16.5. The third-order valence-electron chi connectivity index (χ3n) is 2.76. The summed E-state index contributed by atoms with van der Waals surface area (Å²) in [5.41, 5.74) is 0.895. The summed E-state index contributed by atoms with van der Waals surface area (Å²) in [4.78, 5) is 10.8. The van der Waals surface area contributed by atoms with Crippen molar-refractivity contribution in [3.8, 4) is 5.75 Å². The van der Waals surface area contributed by atoms with Crippen LogP contribution in [-0.4, -0.2) is 23.2 Å². The zero-order chi connectivity index (χ0) is 13.7. The number of hydrogen-bond donors (Lipinski definition) is 2. The molecule has 1 aromatic carbocycles. The van der Waals surface area contributed by atoms with E-state index >= 15 is 0 Å². The van der Waals surface area contributed by atoms with E-state index in [1.807, 2.05) is 45.0 Å². The normalized spacial score (nSPS) is 14.1. The summed E-state index contributed by atoms with van der Waals surface area (Å²) in [6.45, 7) is 7.50. The summed E-state index contributed by atoms with van der Waals surface area (Å²) in [5, 5.41) is 12.1. The molecule has 0 aliphatic heterocycles. The van der Waals surface area contributed by atoms with Crippen LogP contribution in [0.1, 0.15) is 27.7 Å². The Kier molecular flexibility index (Phi) is 5.01. The number of carboxylic acids is 1. The van der Waals surface area contributed by atoms with Crippen LogP contribution in [-0.2, 0) is 4.79 Å². The third kappa shape index (κ3) is 4.28. The van der Waals surface area contributed by atoms with E-state index < -0.39 is 11.9 Å². The second-order valence-corrected chi connectivity index (χ2v) is 4.75. The van der Waals surface area contributed by atoms with Crippen molar-refractivity contribution < 1.29 is 14.6 Å². The van der Waals surface area contributed by atoms with Crippen LogP contribution in [0.15, 0.2) is 24.3 Å². The number of carboxylic acid groups (broad SMARTS) is 1. The summed E-state index contributed by atoms with van der Waals surface area (Å²) in [5.74, 6) is -0.416. The molecular formula is C14H21NO3. The Labute approximate surface area is 108 Å². The number of rotatable bonds is 6. The molecule has 0 aromatic heterocycles. The number of nitrogens with one attached hydrogen (secondary N) is 1. The highest BCUT2D eigenvalue weighted by molar-refractivity contribution is 5.71. The molecule has 0 radical (unpaired) electrons. The van der Waals surface area contributed by atoms with Gasteiger partial charge in [0.2, 0.25) is 0 Å². The van der Waals surface area contributed by atoms with E-state index in [1.54, 1.807) is 6.92 Å². The zero-order valence-electron chi connectivity index (χ0n) is 11.3. The van der Waals surface area contributed by atoms with Gasteiger partial charge in [-0.1, -0.05) is 0 Å². The second kappa shape index (κ2) is 6.28. The van der Waals surface area contributed by atoms with Gasteiger partial charge in [-0.05, 0) is 52.0 Å². The van der Waals surface area contributed by atoms with Gasteiger partial charge >= 0.3 is 5.97 Å². The van der Waals surface area contributed by atoms with Gasteiger partial charge in [0.1, 0.15) is 5.75 Å². The minimum Gasteiger partial charge on any atom is -0.491 e. The van der Waals surface area contributed by atoms with Crippen molar-refractivity contribution in [1.82, 2.24) is 0 Å². The molecule has 0 aliphatic carbocycles. The number of aliphatic carboxylic acids is 1. The molecule has 4 nitrogen and oxygen atoms in total. The summed E-state index contributed by atoms with van der Waals surface area (Å²) < 4.78 is 5.54. The Morgan fingerprint density at radius 2 is 1.72 bits per heavy atom. The van der Waals surface area contributed by atoms with Crippen molar-refractivity contribution in [3.63, 3.8) is 0 Å².